The number of aryl methyl sites for hydroxylation is 1. The van der Waals surface area contributed by atoms with Crippen LogP contribution in [0, 0.1) is 17.0 Å². The maximum atomic E-state index is 10.7. The van der Waals surface area contributed by atoms with Crippen molar-refractivity contribution in [3.8, 4) is 5.75 Å². The van der Waals surface area contributed by atoms with Gasteiger partial charge in [0.1, 0.15) is 12.4 Å². The molecule has 0 saturated carbocycles. The predicted molar refractivity (Wildman–Crippen MR) is 68.7 cm³/mol. The number of hydrogen-bond acceptors (Lipinski definition) is 6. The summed E-state index contributed by atoms with van der Waals surface area (Å²) in [6.45, 7) is 2.07. The lowest BCUT2D eigenvalue weighted by Gasteiger charge is -2.07. The number of hydrogen-bond donors (Lipinski definition) is 1. The third-order valence-electron chi connectivity index (χ3n) is 2.33. The molecule has 0 fully saturated rings. The molecule has 0 aliphatic carbocycles. The van der Waals surface area contributed by atoms with Crippen molar-refractivity contribution in [1.29, 1.82) is 0 Å². The van der Waals surface area contributed by atoms with Gasteiger partial charge in [-0.2, -0.15) is 0 Å². The maximum absolute atomic E-state index is 10.7. The third-order valence-corrected chi connectivity index (χ3v) is 3.05. The fourth-order valence-corrected chi connectivity index (χ4v) is 1.95. The average Bonchev–Trinajstić information content (AvgIpc) is 2.74. The van der Waals surface area contributed by atoms with Crippen molar-refractivity contribution in [2.75, 3.05) is 5.73 Å². The topological polar surface area (TPSA) is 91.3 Å². The van der Waals surface area contributed by atoms with Gasteiger partial charge in [-0.1, -0.05) is 0 Å². The molecule has 94 valence electrons. The largest absolute Gasteiger partial charge is 0.487 e. The molecule has 0 aliphatic rings. The molecule has 1 aromatic heterocycles. The van der Waals surface area contributed by atoms with Gasteiger partial charge in [0.25, 0.3) is 5.69 Å². The van der Waals surface area contributed by atoms with E-state index in [-0.39, 0.29) is 12.3 Å². The van der Waals surface area contributed by atoms with Crippen molar-refractivity contribution in [2.24, 2.45) is 0 Å². The standard InChI is InChI=1S/C11H11N3O3S/c1-7-2-3-9(14(15)16)4-10(7)17-5-8-6-18-11(12)13-8/h2-4,6H,5H2,1H3,(H2,12,13). The number of nitrogens with zero attached hydrogens (tertiary/aromatic N) is 2. The van der Waals surface area contributed by atoms with Crippen LogP contribution < -0.4 is 10.5 Å². The van der Waals surface area contributed by atoms with E-state index in [0.717, 1.165) is 5.56 Å². The molecule has 2 rings (SSSR count). The number of nitrogens with two attached hydrogens (primary N) is 1. The summed E-state index contributed by atoms with van der Waals surface area (Å²) in [6, 6.07) is 4.51. The molecule has 0 amide bonds. The fourth-order valence-electron chi connectivity index (χ4n) is 1.40. The number of nitro groups is 1. The maximum Gasteiger partial charge on any atom is 0.273 e. The number of nitro benzene ring substituents is 1. The number of nitrogen functional groups attached to an aromatic ring is 1. The number of non-ortho nitro benzene ring substituents is 1. The summed E-state index contributed by atoms with van der Waals surface area (Å²) in [7, 11) is 0. The second kappa shape index (κ2) is 5.01. The summed E-state index contributed by atoms with van der Waals surface area (Å²) in [5.74, 6) is 0.482. The Morgan fingerprint density at radius 1 is 1.56 bits per heavy atom. The molecule has 6 nitrogen and oxygen atoms in total. The molecule has 2 aromatic rings. The van der Waals surface area contributed by atoms with Crippen molar-refractivity contribution in [3.63, 3.8) is 0 Å². The highest BCUT2D eigenvalue weighted by molar-refractivity contribution is 7.13. The van der Waals surface area contributed by atoms with E-state index < -0.39 is 4.92 Å². The minimum atomic E-state index is -0.451. The van der Waals surface area contributed by atoms with E-state index in [1.807, 2.05) is 6.92 Å². The van der Waals surface area contributed by atoms with Gasteiger partial charge in [-0.05, 0) is 18.6 Å². The van der Waals surface area contributed by atoms with Crippen molar-refractivity contribution in [1.82, 2.24) is 4.98 Å². The smallest absolute Gasteiger partial charge is 0.273 e. The first-order valence-electron chi connectivity index (χ1n) is 5.14. The number of benzene rings is 1. The lowest BCUT2D eigenvalue weighted by Crippen LogP contribution is -1.99. The van der Waals surface area contributed by atoms with Gasteiger partial charge >= 0.3 is 0 Å². The minimum absolute atomic E-state index is 0.00777. The number of thiazole rings is 1. The Morgan fingerprint density at radius 3 is 2.94 bits per heavy atom. The number of aromatic nitrogens is 1. The van der Waals surface area contributed by atoms with Crippen molar-refractivity contribution < 1.29 is 9.66 Å². The highest BCUT2D eigenvalue weighted by atomic mass is 32.1. The second-order valence-corrected chi connectivity index (χ2v) is 4.56. The summed E-state index contributed by atoms with van der Waals surface area (Å²) in [4.78, 5) is 14.3. The number of anilines is 1. The van der Waals surface area contributed by atoms with E-state index in [4.69, 9.17) is 10.5 Å². The molecule has 18 heavy (non-hydrogen) atoms. The molecule has 0 aliphatic heterocycles. The van der Waals surface area contributed by atoms with Crippen LogP contribution in [0.1, 0.15) is 11.3 Å². The van der Waals surface area contributed by atoms with E-state index in [1.165, 1.54) is 23.5 Å². The fraction of sp³-hybridized carbons (Fsp3) is 0.182. The van der Waals surface area contributed by atoms with Gasteiger partial charge in [0.15, 0.2) is 5.13 Å². The monoisotopic (exact) mass is 265 g/mol. The van der Waals surface area contributed by atoms with Gasteiger partial charge in [-0.15, -0.1) is 11.3 Å². The summed E-state index contributed by atoms with van der Waals surface area (Å²) >= 11 is 1.33. The lowest BCUT2D eigenvalue weighted by molar-refractivity contribution is -0.385. The van der Waals surface area contributed by atoms with Crippen LogP contribution in [0.25, 0.3) is 0 Å². The molecule has 7 heteroatoms. The number of rotatable bonds is 4. The van der Waals surface area contributed by atoms with Crippen molar-refractivity contribution in [2.45, 2.75) is 13.5 Å². The second-order valence-electron chi connectivity index (χ2n) is 3.67. The average molecular weight is 265 g/mol. The van der Waals surface area contributed by atoms with Crippen LogP contribution in [0.5, 0.6) is 5.75 Å². The van der Waals surface area contributed by atoms with Crippen LogP contribution in [-0.2, 0) is 6.61 Å². The van der Waals surface area contributed by atoms with Crippen LogP contribution in [0.15, 0.2) is 23.6 Å². The Hall–Kier alpha value is -2.15. The highest BCUT2D eigenvalue weighted by Crippen LogP contribution is 2.25. The van der Waals surface area contributed by atoms with Gasteiger partial charge in [0, 0.05) is 11.4 Å². The molecular weight excluding hydrogens is 254 g/mol. The zero-order valence-corrected chi connectivity index (χ0v) is 10.4. The first kappa shape index (κ1) is 12.3. The Kier molecular flexibility index (Phi) is 3.42. The van der Waals surface area contributed by atoms with Crippen LogP contribution in [0.3, 0.4) is 0 Å². The summed E-state index contributed by atoms with van der Waals surface area (Å²) < 4.78 is 5.51. The van der Waals surface area contributed by atoms with Gasteiger partial charge < -0.3 is 10.5 Å². The van der Waals surface area contributed by atoms with Gasteiger partial charge in [0.2, 0.25) is 0 Å². The zero-order chi connectivity index (χ0) is 13.1. The summed E-state index contributed by atoms with van der Waals surface area (Å²) in [5.41, 5.74) is 7.06. The normalized spacial score (nSPS) is 10.3. The van der Waals surface area contributed by atoms with E-state index in [2.05, 4.69) is 4.98 Å². The molecule has 0 unspecified atom stereocenters. The van der Waals surface area contributed by atoms with Crippen molar-refractivity contribution >= 4 is 22.2 Å². The van der Waals surface area contributed by atoms with Gasteiger partial charge in [-0.25, -0.2) is 4.98 Å². The van der Waals surface area contributed by atoms with Crippen LogP contribution >= 0.6 is 11.3 Å². The molecule has 0 saturated heterocycles. The first-order valence-corrected chi connectivity index (χ1v) is 6.02. The SMILES string of the molecule is Cc1ccc([N+](=O)[O-])cc1OCc1csc(N)n1. The molecule has 0 atom stereocenters. The molecule has 0 spiro atoms. The van der Waals surface area contributed by atoms with Crippen LogP contribution in [0.4, 0.5) is 10.8 Å². The Bertz CT molecular complexity index is 583. The Balaban J connectivity index is 2.13. The van der Waals surface area contributed by atoms with Gasteiger partial charge in [0.05, 0.1) is 16.7 Å². The Labute approximate surface area is 107 Å². The van der Waals surface area contributed by atoms with E-state index in [0.29, 0.717) is 16.6 Å². The summed E-state index contributed by atoms with van der Waals surface area (Å²) in [5, 5.41) is 12.9. The van der Waals surface area contributed by atoms with E-state index in [1.54, 1.807) is 11.4 Å². The van der Waals surface area contributed by atoms with Crippen LogP contribution in [-0.4, -0.2) is 9.91 Å². The zero-order valence-electron chi connectivity index (χ0n) is 9.62. The molecule has 2 N–H and O–H groups in total. The third kappa shape index (κ3) is 2.75. The lowest BCUT2D eigenvalue weighted by atomic mass is 10.2. The van der Waals surface area contributed by atoms with Crippen LogP contribution in [0.2, 0.25) is 0 Å². The Morgan fingerprint density at radius 2 is 2.33 bits per heavy atom. The molecule has 0 bridgehead atoms. The quantitative estimate of drug-likeness (QED) is 0.677. The van der Waals surface area contributed by atoms with Crippen molar-refractivity contribution in [3.05, 3.63) is 45.0 Å². The summed E-state index contributed by atoms with van der Waals surface area (Å²) in [6.07, 6.45) is 0. The molecule has 1 aromatic carbocycles. The molecule has 0 radical (unpaired) electrons. The number of ether oxygens (including phenoxy) is 1. The molecule has 1 heterocycles. The first-order chi connectivity index (χ1) is 8.56. The van der Waals surface area contributed by atoms with E-state index >= 15 is 0 Å². The molecular formula is C11H11N3O3S. The van der Waals surface area contributed by atoms with E-state index in [9.17, 15) is 10.1 Å². The predicted octanol–water partition coefficient (Wildman–Crippen LogP) is 2.52. The minimum Gasteiger partial charge on any atom is -0.487 e. The highest BCUT2D eigenvalue weighted by Gasteiger charge is 2.10. The van der Waals surface area contributed by atoms with Gasteiger partial charge in [-0.3, -0.25) is 10.1 Å².